The van der Waals surface area contributed by atoms with Crippen LogP contribution in [0.2, 0.25) is 0 Å². The predicted molar refractivity (Wildman–Crippen MR) is 92.3 cm³/mol. The zero-order valence-corrected chi connectivity index (χ0v) is 14.0. The van der Waals surface area contributed by atoms with Crippen molar-refractivity contribution in [3.05, 3.63) is 83.2 Å². The van der Waals surface area contributed by atoms with Gasteiger partial charge in [-0.15, -0.1) is 0 Å². The summed E-state index contributed by atoms with van der Waals surface area (Å²) in [5.74, 6) is -1.47. The fourth-order valence-corrected chi connectivity index (χ4v) is 2.42. The molecule has 0 fully saturated rings. The van der Waals surface area contributed by atoms with Crippen LogP contribution in [-0.2, 0) is 4.74 Å². The first-order chi connectivity index (χ1) is 12.6. The summed E-state index contributed by atoms with van der Waals surface area (Å²) in [4.78, 5) is 33.1. The van der Waals surface area contributed by atoms with E-state index in [1.54, 1.807) is 49.4 Å². The van der Waals surface area contributed by atoms with E-state index in [0.29, 0.717) is 5.56 Å². The van der Waals surface area contributed by atoms with Gasteiger partial charge in [0.15, 0.2) is 5.69 Å². The van der Waals surface area contributed by atoms with Crippen molar-refractivity contribution < 1.29 is 19.1 Å². The molecule has 7 nitrogen and oxygen atoms in total. The van der Waals surface area contributed by atoms with Crippen LogP contribution in [0.25, 0.3) is 11.3 Å². The largest absolute Gasteiger partial charge is 0.617 e. The molecule has 2 aromatic heterocycles. The van der Waals surface area contributed by atoms with Gasteiger partial charge in [0, 0.05) is 11.8 Å². The number of hydrogen-bond donors (Lipinski definition) is 0. The maximum Gasteiger partial charge on any atom is 0.407 e. The molecule has 0 aliphatic rings. The first kappa shape index (κ1) is 17.2. The van der Waals surface area contributed by atoms with Gasteiger partial charge in [-0.1, -0.05) is 36.4 Å². The molecule has 0 bridgehead atoms. The number of rotatable bonds is 5. The molecule has 130 valence electrons. The Balaban J connectivity index is 2.16. The summed E-state index contributed by atoms with van der Waals surface area (Å²) in [5.41, 5.74) is 0.168. The topological polar surface area (TPSA) is 96.1 Å². The number of ketones is 1. The minimum atomic E-state index is -0.843. The van der Waals surface area contributed by atoms with Crippen molar-refractivity contribution in [2.45, 2.75) is 6.92 Å². The maximum atomic E-state index is 12.8. The van der Waals surface area contributed by atoms with Crippen molar-refractivity contribution in [1.29, 1.82) is 0 Å². The second-order valence-corrected chi connectivity index (χ2v) is 5.27. The van der Waals surface area contributed by atoms with Crippen LogP contribution in [0.5, 0.6) is 0 Å². The molecule has 3 rings (SSSR count). The Labute approximate surface area is 149 Å². The third-order valence-electron chi connectivity index (χ3n) is 3.61. The second kappa shape index (κ2) is 7.52. The van der Waals surface area contributed by atoms with Crippen LogP contribution in [-0.4, -0.2) is 28.3 Å². The minimum absolute atomic E-state index is 0.0844. The van der Waals surface area contributed by atoms with E-state index in [1.165, 1.54) is 12.3 Å². The molecule has 0 saturated carbocycles. The van der Waals surface area contributed by atoms with E-state index >= 15 is 0 Å². The number of esters is 1. The summed E-state index contributed by atoms with van der Waals surface area (Å²) in [6.45, 7) is 1.72. The molecule has 0 aliphatic heterocycles. The zero-order chi connectivity index (χ0) is 18.5. The smallest absolute Gasteiger partial charge is 0.407 e. The van der Waals surface area contributed by atoms with Gasteiger partial charge in [-0.3, -0.25) is 9.78 Å². The van der Waals surface area contributed by atoms with Gasteiger partial charge in [0.2, 0.25) is 0 Å². The SMILES string of the molecule is CCOC(=O)c1c(-c2ccccc2)ncc(C(=O)c2ccccn2)[n+]1[O-]. The van der Waals surface area contributed by atoms with E-state index in [4.69, 9.17) is 4.74 Å². The van der Waals surface area contributed by atoms with Gasteiger partial charge < -0.3 is 9.94 Å². The molecule has 7 heteroatoms. The monoisotopic (exact) mass is 349 g/mol. The molecule has 0 radical (unpaired) electrons. The number of benzene rings is 1. The third-order valence-corrected chi connectivity index (χ3v) is 3.61. The molecule has 3 aromatic rings. The third kappa shape index (κ3) is 3.27. The molecule has 0 atom stereocenters. The first-order valence-corrected chi connectivity index (χ1v) is 7.94. The van der Waals surface area contributed by atoms with E-state index in [0.717, 1.165) is 6.20 Å². The summed E-state index contributed by atoms with van der Waals surface area (Å²) in [5, 5.41) is 12.8. The molecule has 0 amide bonds. The lowest BCUT2D eigenvalue weighted by Crippen LogP contribution is -2.43. The highest BCUT2D eigenvalue weighted by Gasteiger charge is 2.31. The van der Waals surface area contributed by atoms with Crippen molar-refractivity contribution in [2.24, 2.45) is 0 Å². The van der Waals surface area contributed by atoms with E-state index in [2.05, 4.69) is 9.97 Å². The summed E-state index contributed by atoms with van der Waals surface area (Å²) in [6, 6.07) is 13.5. The van der Waals surface area contributed by atoms with Crippen molar-refractivity contribution in [3.63, 3.8) is 0 Å². The van der Waals surface area contributed by atoms with Crippen LogP contribution in [0.15, 0.2) is 60.9 Å². The van der Waals surface area contributed by atoms with Gasteiger partial charge >= 0.3 is 11.7 Å². The number of carbonyl (C=O) groups excluding carboxylic acids is 2. The highest BCUT2D eigenvalue weighted by Crippen LogP contribution is 2.20. The van der Waals surface area contributed by atoms with Gasteiger partial charge in [0.1, 0.15) is 11.9 Å². The van der Waals surface area contributed by atoms with E-state index in [-0.39, 0.29) is 34.1 Å². The van der Waals surface area contributed by atoms with Crippen LogP contribution >= 0.6 is 0 Å². The van der Waals surface area contributed by atoms with Crippen LogP contribution < -0.4 is 4.73 Å². The quantitative estimate of drug-likeness (QED) is 0.303. The van der Waals surface area contributed by atoms with Crippen molar-refractivity contribution in [2.75, 3.05) is 6.61 Å². The number of aromatic nitrogens is 3. The van der Waals surface area contributed by atoms with Gasteiger partial charge in [-0.05, 0) is 19.1 Å². The van der Waals surface area contributed by atoms with Gasteiger partial charge in [-0.2, -0.15) is 4.73 Å². The fourth-order valence-electron chi connectivity index (χ4n) is 2.42. The van der Waals surface area contributed by atoms with E-state index in [1.807, 2.05) is 0 Å². The van der Waals surface area contributed by atoms with Gasteiger partial charge in [0.05, 0.1) is 6.61 Å². The molecule has 0 aliphatic carbocycles. The summed E-state index contributed by atoms with van der Waals surface area (Å²) in [6.07, 6.45) is 2.59. The Hall–Kier alpha value is -3.61. The van der Waals surface area contributed by atoms with Crippen LogP contribution in [0.1, 0.15) is 33.6 Å². The summed E-state index contributed by atoms with van der Waals surface area (Å²) >= 11 is 0. The van der Waals surface area contributed by atoms with Crippen molar-refractivity contribution in [1.82, 2.24) is 9.97 Å². The molecule has 1 aromatic carbocycles. The molecule has 0 N–H and O–H groups in total. The fraction of sp³-hybridized carbons (Fsp3) is 0.105. The highest BCUT2D eigenvalue weighted by atomic mass is 16.5. The van der Waals surface area contributed by atoms with Gasteiger partial charge in [0.25, 0.3) is 11.5 Å². The predicted octanol–water partition coefficient (Wildman–Crippen LogP) is 2.18. The number of nitrogens with zero attached hydrogens (tertiary/aromatic N) is 3. The Morgan fingerprint density at radius 3 is 2.46 bits per heavy atom. The number of carbonyl (C=O) groups is 2. The molecule has 0 spiro atoms. The molecular weight excluding hydrogens is 334 g/mol. The molecule has 0 saturated heterocycles. The normalized spacial score (nSPS) is 10.3. The lowest BCUT2D eigenvalue weighted by atomic mass is 10.1. The second-order valence-electron chi connectivity index (χ2n) is 5.27. The summed E-state index contributed by atoms with van der Waals surface area (Å²) < 4.78 is 5.25. The zero-order valence-electron chi connectivity index (χ0n) is 14.0. The van der Waals surface area contributed by atoms with Gasteiger partial charge in [-0.25, -0.2) is 9.78 Å². The molecule has 0 unspecified atom stereocenters. The lowest BCUT2D eigenvalue weighted by molar-refractivity contribution is -0.610. The van der Waals surface area contributed by atoms with Crippen molar-refractivity contribution >= 4 is 11.8 Å². The average Bonchev–Trinajstić information content (AvgIpc) is 2.68. The van der Waals surface area contributed by atoms with Crippen LogP contribution in [0.4, 0.5) is 0 Å². The maximum absolute atomic E-state index is 12.8. The Kier molecular flexibility index (Phi) is 4.98. The molecule has 26 heavy (non-hydrogen) atoms. The average molecular weight is 349 g/mol. The lowest BCUT2D eigenvalue weighted by Gasteiger charge is -2.11. The van der Waals surface area contributed by atoms with Crippen LogP contribution in [0.3, 0.4) is 0 Å². The minimum Gasteiger partial charge on any atom is -0.617 e. The number of ether oxygens (including phenoxy) is 1. The number of hydrogen-bond acceptors (Lipinski definition) is 6. The van der Waals surface area contributed by atoms with Crippen LogP contribution in [0, 0.1) is 5.21 Å². The molecule has 2 heterocycles. The Morgan fingerprint density at radius 2 is 1.81 bits per heavy atom. The summed E-state index contributed by atoms with van der Waals surface area (Å²) in [7, 11) is 0. The first-order valence-electron chi connectivity index (χ1n) is 7.94. The highest BCUT2D eigenvalue weighted by molar-refractivity contribution is 6.05. The molecular formula is C19H15N3O4. The Morgan fingerprint density at radius 1 is 1.08 bits per heavy atom. The number of pyridine rings is 1. The van der Waals surface area contributed by atoms with Crippen molar-refractivity contribution in [3.8, 4) is 11.3 Å². The Bertz CT molecular complexity index is 944. The van der Waals surface area contributed by atoms with E-state index < -0.39 is 11.8 Å². The standard InChI is InChI=1S/C19H15N3O4/c1-2-26-19(24)17-16(13-8-4-3-5-9-13)21-12-15(22(17)25)18(23)14-10-6-7-11-20-14/h3-12H,2H2,1H3. The van der Waals surface area contributed by atoms with E-state index in [9.17, 15) is 14.8 Å².